The molecule has 0 aromatic heterocycles. The summed E-state index contributed by atoms with van der Waals surface area (Å²) >= 11 is 6.20. The molecule has 2 atom stereocenters. The maximum absolute atomic E-state index is 13.1. The molecule has 0 saturated heterocycles. The lowest BCUT2D eigenvalue weighted by Gasteiger charge is -2.25. The normalized spacial score (nSPS) is 22.7. The van der Waals surface area contributed by atoms with Crippen molar-refractivity contribution < 1.29 is 9.90 Å². The first-order valence-electron chi connectivity index (χ1n) is 7.75. The highest BCUT2D eigenvalue weighted by Gasteiger charge is 2.61. The van der Waals surface area contributed by atoms with Crippen molar-refractivity contribution in [2.24, 2.45) is 5.92 Å². The van der Waals surface area contributed by atoms with Crippen LogP contribution >= 0.6 is 11.6 Å². The Bertz CT molecular complexity index is 704. The van der Waals surface area contributed by atoms with Crippen molar-refractivity contribution in [3.8, 4) is 0 Å². The van der Waals surface area contributed by atoms with Crippen LogP contribution in [0, 0.1) is 5.92 Å². The van der Waals surface area contributed by atoms with Crippen molar-refractivity contribution in [3.63, 3.8) is 0 Å². The lowest BCUT2D eigenvalue weighted by Crippen LogP contribution is -2.38. The molecule has 0 aliphatic heterocycles. The van der Waals surface area contributed by atoms with Crippen LogP contribution < -0.4 is 0 Å². The number of carbonyl (C=O) groups is 1. The smallest absolute Gasteiger partial charge is 0.233 e. The molecule has 120 valence electrons. The van der Waals surface area contributed by atoms with Crippen LogP contribution in [0.5, 0.6) is 0 Å². The van der Waals surface area contributed by atoms with Gasteiger partial charge < -0.3 is 10.0 Å². The van der Waals surface area contributed by atoms with Gasteiger partial charge in [-0.15, -0.1) is 0 Å². The van der Waals surface area contributed by atoms with Crippen LogP contribution in [0.1, 0.15) is 17.5 Å². The number of benzene rings is 2. The number of hydrogen-bond donors (Lipinski definition) is 1. The zero-order valence-corrected chi connectivity index (χ0v) is 13.8. The monoisotopic (exact) mass is 329 g/mol. The summed E-state index contributed by atoms with van der Waals surface area (Å²) in [5.74, 6) is 0.0359. The standard InChI is InChI=1S/C19H20ClNO2/c1-21(12-14-7-5-6-10-17(14)20)18(23)19(11-16(19)13-22)15-8-3-2-4-9-15/h2-10,16,22H,11-13H2,1H3/t16-,19+/m0/s1. The average molecular weight is 330 g/mol. The van der Waals surface area contributed by atoms with Gasteiger partial charge in [-0.1, -0.05) is 60.1 Å². The Hall–Kier alpha value is -1.84. The molecule has 2 aromatic carbocycles. The molecular formula is C19H20ClNO2. The van der Waals surface area contributed by atoms with Crippen molar-refractivity contribution in [1.29, 1.82) is 0 Å². The SMILES string of the molecule is CN(Cc1ccccc1Cl)C(=O)[C@@]1(c2ccccc2)C[C@H]1CO. The fourth-order valence-electron chi connectivity index (χ4n) is 3.32. The molecule has 1 aliphatic carbocycles. The molecule has 0 bridgehead atoms. The van der Waals surface area contributed by atoms with Crippen molar-refractivity contribution in [2.75, 3.05) is 13.7 Å². The van der Waals surface area contributed by atoms with Gasteiger partial charge in [-0.2, -0.15) is 0 Å². The average Bonchev–Trinajstić information content (AvgIpc) is 3.33. The topological polar surface area (TPSA) is 40.5 Å². The number of rotatable bonds is 5. The first-order valence-corrected chi connectivity index (χ1v) is 8.12. The molecule has 3 rings (SSSR count). The van der Waals surface area contributed by atoms with Gasteiger partial charge >= 0.3 is 0 Å². The summed E-state index contributed by atoms with van der Waals surface area (Å²) in [5, 5.41) is 10.2. The Morgan fingerprint density at radius 3 is 2.48 bits per heavy atom. The Morgan fingerprint density at radius 2 is 1.87 bits per heavy atom. The van der Waals surface area contributed by atoms with E-state index in [0.717, 1.165) is 11.1 Å². The van der Waals surface area contributed by atoms with Gasteiger partial charge in [0, 0.05) is 31.1 Å². The largest absolute Gasteiger partial charge is 0.396 e. The number of aliphatic hydroxyl groups is 1. The molecule has 1 saturated carbocycles. The molecule has 2 aromatic rings. The van der Waals surface area contributed by atoms with Gasteiger partial charge in [0.2, 0.25) is 5.91 Å². The molecule has 23 heavy (non-hydrogen) atoms. The Labute approximate surface area is 141 Å². The van der Waals surface area contributed by atoms with Crippen LogP contribution in [-0.2, 0) is 16.8 Å². The van der Waals surface area contributed by atoms with Crippen LogP contribution in [0.2, 0.25) is 5.02 Å². The van der Waals surface area contributed by atoms with Crippen LogP contribution in [0.25, 0.3) is 0 Å². The number of carbonyl (C=O) groups excluding carboxylic acids is 1. The molecule has 0 heterocycles. The second-order valence-electron chi connectivity index (χ2n) is 6.17. The van der Waals surface area contributed by atoms with Gasteiger partial charge in [-0.25, -0.2) is 0 Å². The first kappa shape index (κ1) is 16.0. The molecule has 1 N–H and O–H groups in total. The predicted molar refractivity (Wildman–Crippen MR) is 91.2 cm³/mol. The summed E-state index contributed by atoms with van der Waals surface area (Å²) in [6.45, 7) is 0.492. The summed E-state index contributed by atoms with van der Waals surface area (Å²) in [5.41, 5.74) is 1.32. The highest BCUT2D eigenvalue weighted by molar-refractivity contribution is 6.31. The number of nitrogens with zero attached hydrogens (tertiary/aromatic N) is 1. The van der Waals surface area contributed by atoms with Crippen molar-refractivity contribution in [2.45, 2.75) is 18.4 Å². The molecule has 0 radical (unpaired) electrons. The minimum Gasteiger partial charge on any atom is -0.396 e. The molecule has 4 heteroatoms. The van der Waals surface area contributed by atoms with E-state index in [2.05, 4.69) is 0 Å². The minimum absolute atomic E-state index is 0.00825. The van der Waals surface area contributed by atoms with E-state index in [-0.39, 0.29) is 18.4 Å². The van der Waals surface area contributed by atoms with Gasteiger partial charge in [0.1, 0.15) is 0 Å². The summed E-state index contributed by atoms with van der Waals surface area (Å²) in [6, 6.07) is 17.3. The maximum Gasteiger partial charge on any atom is 0.233 e. The van der Waals surface area contributed by atoms with Crippen LogP contribution in [-0.4, -0.2) is 29.6 Å². The van der Waals surface area contributed by atoms with E-state index < -0.39 is 5.41 Å². The fraction of sp³-hybridized carbons (Fsp3) is 0.316. The quantitative estimate of drug-likeness (QED) is 0.914. The summed E-state index contributed by atoms with van der Waals surface area (Å²) in [4.78, 5) is 14.8. The zero-order chi connectivity index (χ0) is 16.4. The lowest BCUT2D eigenvalue weighted by molar-refractivity contribution is -0.133. The fourth-order valence-corrected chi connectivity index (χ4v) is 3.51. The molecule has 1 aliphatic rings. The third-order valence-corrected chi connectivity index (χ3v) is 5.08. The molecular weight excluding hydrogens is 310 g/mol. The van der Waals surface area contributed by atoms with Crippen molar-refractivity contribution >= 4 is 17.5 Å². The van der Waals surface area contributed by atoms with E-state index in [1.807, 2.05) is 54.6 Å². The second-order valence-corrected chi connectivity index (χ2v) is 6.58. The van der Waals surface area contributed by atoms with Crippen molar-refractivity contribution in [1.82, 2.24) is 4.90 Å². The van der Waals surface area contributed by atoms with E-state index in [0.29, 0.717) is 18.0 Å². The molecule has 1 fully saturated rings. The van der Waals surface area contributed by atoms with Gasteiger partial charge in [-0.3, -0.25) is 4.79 Å². The highest BCUT2D eigenvalue weighted by atomic mass is 35.5. The number of hydrogen-bond acceptors (Lipinski definition) is 2. The Kier molecular flexibility index (Phi) is 4.42. The van der Waals surface area contributed by atoms with Gasteiger partial charge in [0.05, 0.1) is 5.41 Å². The van der Waals surface area contributed by atoms with E-state index in [9.17, 15) is 9.90 Å². The number of likely N-dealkylation sites (N-methyl/N-ethyl adjacent to an activating group) is 1. The zero-order valence-electron chi connectivity index (χ0n) is 13.1. The number of amides is 1. The predicted octanol–water partition coefficient (Wildman–Crippen LogP) is 3.25. The molecule has 0 spiro atoms. The third-order valence-electron chi connectivity index (χ3n) is 4.71. The Morgan fingerprint density at radius 1 is 1.22 bits per heavy atom. The molecule has 3 nitrogen and oxygen atoms in total. The van der Waals surface area contributed by atoms with E-state index in [4.69, 9.17) is 11.6 Å². The minimum atomic E-state index is -0.591. The summed E-state index contributed by atoms with van der Waals surface area (Å²) in [6.07, 6.45) is 0.694. The van der Waals surface area contributed by atoms with E-state index >= 15 is 0 Å². The van der Waals surface area contributed by atoms with Crippen LogP contribution in [0.3, 0.4) is 0 Å². The van der Waals surface area contributed by atoms with Gasteiger partial charge in [0.15, 0.2) is 0 Å². The lowest BCUT2D eigenvalue weighted by atomic mass is 9.91. The molecule has 1 amide bonds. The summed E-state index contributed by atoms with van der Waals surface area (Å²) in [7, 11) is 1.79. The Balaban J connectivity index is 1.84. The van der Waals surface area contributed by atoms with E-state index in [1.54, 1.807) is 11.9 Å². The van der Waals surface area contributed by atoms with Crippen LogP contribution in [0.4, 0.5) is 0 Å². The molecule has 0 unspecified atom stereocenters. The summed E-state index contributed by atoms with van der Waals surface area (Å²) < 4.78 is 0. The number of aliphatic hydroxyl groups excluding tert-OH is 1. The first-order chi connectivity index (χ1) is 11.1. The van der Waals surface area contributed by atoms with Gasteiger partial charge in [0.25, 0.3) is 0 Å². The van der Waals surface area contributed by atoms with Gasteiger partial charge in [-0.05, 0) is 23.6 Å². The highest BCUT2D eigenvalue weighted by Crippen LogP contribution is 2.55. The van der Waals surface area contributed by atoms with E-state index in [1.165, 1.54) is 0 Å². The second kappa shape index (κ2) is 6.34. The number of halogens is 1. The maximum atomic E-state index is 13.1. The van der Waals surface area contributed by atoms with Crippen molar-refractivity contribution in [3.05, 3.63) is 70.7 Å². The third kappa shape index (κ3) is 2.87. The van der Waals surface area contributed by atoms with Crippen LogP contribution in [0.15, 0.2) is 54.6 Å².